The van der Waals surface area contributed by atoms with Crippen molar-refractivity contribution in [2.75, 3.05) is 13.1 Å². The Morgan fingerprint density at radius 1 is 1.21 bits per heavy atom. The largest absolute Gasteiger partial charge is 0.573 e. The molecule has 0 spiro atoms. The molecule has 1 aliphatic heterocycles. The Kier molecular flexibility index (Phi) is 4.56. The summed E-state index contributed by atoms with van der Waals surface area (Å²) in [7, 11) is 1.64. The molecule has 4 rings (SSSR count). The lowest BCUT2D eigenvalue weighted by Crippen LogP contribution is -2.32. The molecule has 0 radical (unpaired) electrons. The number of alkyl halides is 3. The third kappa shape index (κ3) is 3.45. The highest BCUT2D eigenvalue weighted by molar-refractivity contribution is 5.97. The fraction of sp³-hybridized carbons (Fsp3) is 0.316. The monoisotopic (exact) mass is 406 g/mol. The molecular weight excluding hydrogens is 389 g/mol. The van der Waals surface area contributed by atoms with Crippen LogP contribution in [0, 0.1) is 0 Å². The summed E-state index contributed by atoms with van der Waals surface area (Å²) in [6.45, 7) is 0.494. The van der Waals surface area contributed by atoms with Crippen LogP contribution in [0.1, 0.15) is 22.8 Å². The first-order valence-corrected chi connectivity index (χ1v) is 8.92. The van der Waals surface area contributed by atoms with Gasteiger partial charge in [0.25, 0.3) is 5.91 Å². The molecule has 7 nitrogen and oxygen atoms in total. The number of pyridine rings is 1. The lowest BCUT2D eigenvalue weighted by molar-refractivity contribution is -0.274. The zero-order valence-corrected chi connectivity index (χ0v) is 15.4. The van der Waals surface area contributed by atoms with E-state index in [0.717, 1.165) is 6.07 Å². The average molecular weight is 406 g/mol. The molecular formula is C19H17F3N4O3. The second-order valence-electron chi connectivity index (χ2n) is 6.80. The molecule has 1 amide bonds. The minimum atomic E-state index is -4.90. The molecule has 3 heterocycles. The Hall–Kier alpha value is -3.30. The fourth-order valence-corrected chi connectivity index (χ4v) is 3.68. The van der Waals surface area contributed by atoms with Crippen molar-refractivity contribution in [3.8, 4) is 5.75 Å². The summed E-state index contributed by atoms with van der Waals surface area (Å²) in [6.07, 6.45) is -2.82. The van der Waals surface area contributed by atoms with Gasteiger partial charge in [-0.1, -0.05) is 12.1 Å². The van der Waals surface area contributed by atoms with Crippen LogP contribution in [0.25, 0.3) is 11.2 Å². The standard InChI is InChI=1S/C19H17F3N4O3/c1-24-14-6-4-9-23-16(14)26(18(24)28)12-8-10-25(11-12)17(27)13-5-2-3-7-15(13)29-19(20,21)22/h2-7,9,12H,8,10-11H2,1H3/t12-/m1/s1. The van der Waals surface area contributed by atoms with E-state index in [1.54, 1.807) is 29.9 Å². The van der Waals surface area contributed by atoms with Crippen molar-refractivity contribution in [3.05, 3.63) is 58.6 Å². The molecule has 1 aromatic carbocycles. The quantitative estimate of drug-likeness (QED) is 0.671. The number of halogens is 3. The Balaban J connectivity index is 1.62. The first kappa shape index (κ1) is 19.0. The van der Waals surface area contributed by atoms with Gasteiger partial charge in [-0.2, -0.15) is 0 Å². The van der Waals surface area contributed by atoms with Gasteiger partial charge in [0.05, 0.1) is 17.1 Å². The van der Waals surface area contributed by atoms with Gasteiger partial charge < -0.3 is 9.64 Å². The van der Waals surface area contributed by atoms with Crippen LogP contribution in [-0.4, -0.2) is 44.4 Å². The summed E-state index contributed by atoms with van der Waals surface area (Å²) in [5.74, 6) is -1.12. The Morgan fingerprint density at radius 3 is 2.72 bits per heavy atom. The van der Waals surface area contributed by atoms with Crippen molar-refractivity contribution in [2.45, 2.75) is 18.8 Å². The average Bonchev–Trinajstić information content (AvgIpc) is 3.24. The summed E-state index contributed by atoms with van der Waals surface area (Å²) < 4.78 is 45.0. The number of aryl methyl sites for hydroxylation is 1. The van der Waals surface area contributed by atoms with Crippen LogP contribution in [0.15, 0.2) is 47.4 Å². The lowest BCUT2D eigenvalue weighted by atomic mass is 10.2. The number of hydrogen-bond acceptors (Lipinski definition) is 4. The number of hydrogen-bond donors (Lipinski definition) is 0. The highest BCUT2D eigenvalue weighted by Gasteiger charge is 2.35. The Labute approximate surface area is 162 Å². The van der Waals surface area contributed by atoms with E-state index < -0.39 is 18.0 Å². The third-order valence-electron chi connectivity index (χ3n) is 5.01. The van der Waals surface area contributed by atoms with E-state index >= 15 is 0 Å². The summed E-state index contributed by atoms with van der Waals surface area (Å²) in [6, 6.07) is 8.43. The van der Waals surface area contributed by atoms with Crippen molar-refractivity contribution in [1.82, 2.24) is 19.0 Å². The van der Waals surface area contributed by atoms with Crippen LogP contribution in [0.5, 0.6) is 5.75 Å². The number of nitrogens with zero attached hydrogens (tertiary/aromatic N) is 4. The molecule has 0 N–H and O–H groups in total. The van der Waals surface area contributed by atoms with Crippen molar-refractivity contribution < 1.29 is 22.7 Å². The van der Waals surface area contributed by atoms with E-state index in [4.69, 9.17) is 0 Å². The number of carbonyl (C=O) groups excluding carboxylic acids is 1. The van der Waals surface area contributed by atoms with E-state index in [2.05, 4.69) is 9.72 Å². The van der Waals surface area contributed by atoms with E-state index in [1.165, 1.54) is 27.7 Å². The molecule has 1 aliphatic rings. The number of fused-ring (bicyclic) bond motifs is 1. The Bertz CT molecular complexity index is 1140. The van der Waals surface area contributed by atoms with Crippen molar-refractivity contribution in [3.63, 3.8) is 0 Å². The number of imidazole rings is 1. The topological polar surface area (TPSA) is 69.4 Å². The van der Waals surface area contributed by atoms with Gasteiger partial charge in [0.2, 0.25) is 0 Å². The smallest absolute Gasteiger partial charge is 0.405 e. The molecule has 1 saturated heterocycles. The number of rotatable bonds is 3. The third-order valence-corrected chi connectivity index (χ3v) is 5.01. The number of amides is 1. The lowest BCUT2D eigenvalue weighted by Gasteiger charge is -2.19. The number of benzene rings is 1. The van der Waals surface area contributed by atoms with Crippen LogP contribution < -0.4 is 10.4 Å². The predicted molar refractivity (Wildman–Crippen MR) is 97.7 cm³/mol. The fourth-order valence-electron chi connectivity index (χ4n) is 3.68. The highest BCUT2D eigenvalue weighted by atomic mass is 19.4. The molecule has 0 saturated carbocycles. The van der Waals surface area contributed by atoms with Crippen molar-refractivity contribution in [1.29, 1.82) is 0 Å². The molecule has 3 aromatic rings. The van der Waals surface area contributed by atoms with Gasteiger partial charge in [-0.25, -0.2) is 9.78 Å². The van der Waals surface area contributed by atoms with Gasteiger partial charge in [-0.15, -0.1) is 13.2 Å². The maximum Gasteiger partial charge on any atom is 0.573 e. The number of carbonyl (C=O) groups is 1. The van der Waals surface area contributed by atoms with Crippen LogP contribution in [-0.2, 0) is 7.05 Å². The minimum absolute atomic E-state index is 0.172. The summed E-state index contributed by atoms with van der Waals surface area (Å²) >= 11 is 0. The van der Waals surface area contributed by atoms with Crippen LogP contribution in [0.4, 0.5) is 13.2 Å². The summed E-state index contributed by atoms with van der Waals surface area (Å²) in [5, 5.41) is 0. The predicted octanol–water partition coefficient (Wildman–Crippen LogP) is 2.72. The van der Waals surface area contributed by atoms with E-state index in [1.807, 2.05) is 0 Å². The van der Waals surface area contributed by atoms with Crippen molar-refractivity contribution >= 4 is 17.1 Å². The molecule has 1 atom stereocenters. The van der Waals surface area contributed by atoms with E-state index in [0.29, 0.717) is 24.1 Å². The summed E-state index contributed by atoms with van der Waals surface area (Å²) in [5.41, 5.74) is 0.763. The van der Waals surface area contributed by atoms with E-state index in [9.17, 15) is 22.8 Å². The van der Waals surface area contributed by atoms with Gasteiger partial charge in [-0.05, 0) is 30.7 Å². The normalized spacial score (nSPS) is 17.1. The molecule has 2 aromatic heterocycles. The maximum atomic E-state index is 12.9. The van der Waals surface area contributed by atoms with Crippen LogP contribution in [0.3, 0.4) is 0 Å². The molecule has 152 valence electrons. The van der Waals surface area contributed by atoms with Gasteiger partial charge in [0.15, 0.2) is 5.65 Å². The first-order chi connectivity index (χ1) is 13.8. The zero-order valence-electron chi connectivity index (χ0n) is 15.4. The molecule has 1 fully saturated rings. The Morgan fingerprint density at radius 2 is 1.97 bits per heavy atom. The number of ether oxygens (including phenoxy) is 1. The first-order valence-electron chi connectivity index (χ1n) is 8.92. The second-order valence-corrected chi connectivity index (χ2v) is 6.80. The van der Waals surface area contributed by atoms with Gasteiger partial charge in [0, 0.05) is 26.3 Å². The van der Waals surface area contributed by atoms with Gasteiger partial charge in [0.1, 0.15) is 5.75 Å². The molecule has 0 aliphatic carbocycles. The summed E-state index contributed by atoms with van der Waals surface area (Å²) in [4.78, 5) is 31.2. The van der Waals surface area contributed by atoms with Gasteiger partial charge in [-0.3, -0.25) is 13.9 Å². The SMILES string of the molecule is Cn1c(=O)n([C@@H]2CCN(C(=O)c3ccccc3OC(F)(F)F)C2)c2ncccc21. The van der Waals surface area contributed by atoms with Crippen molar-refractivity contribution in [2.24, 2.45) is 7.05 Å². The van der Waals surface area contributed by atoms with Crippen LogP contribution in [0.2, 0.25) is 0 Å². The number of aromatic nitrogens is 3. The highest BCUT2D eigenvalue weighted by Crippen LogP contribution is 2.30. The second kappa shape index (κ2) is 6.94. The van der Waals surface area contributed by atoms with Gasteiger partial charge >= 0.3 is 12.1 Å². The number of para-hydroxylation sites is 1. The number of likely N-dealkylation sites (tertiary alicyclic amines) is 1. The maximum absolute atomic E-state index is 12.9. The molecule has 29 heavy (non-hydrogen) atoms. The van der Waals surface area contributed by atoms with E-state index in [-0.39, 0.29) is 23.8 Å². The molecule has 0 unspecified atom stereocenters. The molecule has 0 bridgehead atoms. The molecule has 10 heteroatoms. The zero-order chi connectivity index (χ0) is 20.8. The van der Waals surface area contributed by atoms with Crippen LogP contribution >= 0.6 is 0 Å². The minimum Gasteiger partial charge on any atom is -0.405 e.